The Bertz CT molecular complexity index is 678. The van der Waals surface area contributed by atoms with Crippen LogP contribution in [0.1, 0.15) is 18.9 Å². The van der Waals surface area contributed by atoms with Gasteiger partial charge in [0, 0.05) is 24.0 Å². The van der Waals surface area contributed by atoms with Gasteiger partial charge in [-0.25, -0.2) is 4.98 Å². The maximum atomic E-state index is 6.55. The van der Waals surface area contributed by atoms with Gasteiger partial charge in [0.1, 0.15) is 5.82 Å². The molecule has 6 heteroatoms. The Labute approximate surface area is 141 Å². The van der Waals surface area contributed by atoms with Crippen LogP contribution in [0, 0.1) is 0 Å². The first-order valence-electron chi connectivity index (χ1n) is 7.78. The lowest BCUT2D eigenvalue weighted by Crippen LogP contribution is -2.31. The lowest BCUT2D eigenvalue weighted by molar-refractivity contribution is 0.222. The van der Waals surface area contributed by atoms with Crippen molar-refractivity contribution in [1.29, 1.82) is 0 Å². The molecule has 0 unspecified atom stereocenters. The van der Waals surface area contributed by atoms with Crippen molar-refractivity contribution in [3.05, 3.63) is 29.5 Å². The molecule has 0 saturated carbocycles. The standard InChI is InChI=1S/C17H22ClN3O2/c1-20-9-6-12(7-10-20)21-11-8-19-17(21)13-4-5-14(22-2)16(23-3)15(13)18/h4-5,8,11-12H,6-7,9-10H2,1-3H3. The molecule has 1 saturated heterocycles. The third-order valence-electron chi connectivity index (χ3n) is 4.48. The van der Waals surface area contributed by atoms with Crippen molar-refractivity contribution in [2.24, 2.45) is 0 Å². The maximum Gasteiger partial charge on any atom is 0.180 e. The smallest absolute Gasteiger partial charge is 0.180 e. The van der Waals surface area contributed by atoms with Gasteiger partial charge in [-0.3, -0.25) is 0 Å². The fourth-order valence-corrected chi connectivity index (χ4v) is 3.47. The van der Waals surface area contributed by atoms with Crippen LogP contribution >= 0.6 is 11.6 Å². The third-order valence-corrected chi connectivity index (χ3v) is 4.85. The van der Waals surface area contributed by atoms with Crippen molar-refractivity contribution < 1.29 is 9.47 Å². The fraction of sp³-hybridized carbons (Fsp3) is 0.471. The number of hydrogen-bond donors (Lipinski definition) is 0. The predicted octanol–water partition coefficient (Wildman–Crippen LogP) is 3.49. The largest absolute Gasteiger partial charge is 0.493 e. The summed E-state index contributed by atoms with van der Waals surface area (Å²) in [6.07, 6.45) is 6.11. The van der Waals surface area contributed by atoms with Gasteiger partial charge in [0.2, 0.25) is 0 Å². The van der Waals surface area contributed by atoms with Gasteiger partial charge in [-0.1, -0.05) is 11.6 Å². The third kappa shape index (κ3) is 3.03. The number of hydrogen-bond acceptors (Lipinski definition) is 4. The van der Waals surface area contributed by atoms with Crippen LogP contribution < -0.4 is 9.47 Å². The van der Waals surface area contributed by atoms with E-state index in [1.54, 1.807) is 14.2 Å². The molecule has 0 aliphatic carbocycles. The molecule has 1 fully saturated rings. The normalized spacial score (nSPS) is 16.5. The fourth-order valence-electron chi connectivity index (χ4n) is 3.15. The van der Waals surface area contributed by atoms with E-state index in [0.717, 1.165) is 37.3 Å². The van der Waals surface area contributed by atoms with Crippen LogP contribution in [-0.2, 0) is 0 Å². The SMILES string of the molecule is COc1ccc(-c2nccn2C2CCN(C)CC2)c(Cl)c1OC. The summed E-state index contributed by atoms with van der Waals surface area (Å²) in [6, 6.07) is 4.26. The van der Waals surface area contributed by atoms with Crippen LogP contribution in [-0.4, -0.2) is 48.8 Å². The van der Waals surface area contributed by atoms with E-state index in [4.69, 9.17) is 21.1 Å². The van der Waals surface area contributed by atoms with E-state index >= 15 is 0 Å². The van der Waals surface area contributed by atoms with Crippen LogP contribution in [0.4, 0.5) is 0 Å². The zero-order valence-electron chi connectivity index (χ0n) is 13.8. The highest BCUT2D eigenvalue weighted by Gasteiger charge is 2.23. The van der Waals surface area contributed by atoms with E-state index in [1.165, 1.54) is 0 Å². The van der Waals surface area contributed by atoms with Gasteiger partial charge in [0.05, 0.1) is 19.2 Å². The Morgan fingerprint density at radius 1 is 1.17 bits per heavy atom. The number of piperidine rings is 1. The van der Waals surface area contributed by atoms with Crippen LogP contribution in [0.25, 0.3) is 11.4 Å². The van der Waals surface area contributed by atoms with E-state index in [1.807, 2.05) is 24.5 Å². The number of aromatic nitrogens is 2. The molecule has 3 rings (SSSR count). The van der Waals surface area contributed by atoms with Gasteiger partial charge in [-0.15, -0.1) is 0 Å². The minimum absolute atomic E-state index is 0.452. The molecule has 5 nitrogen and oxygen atoms in total. The Morgan fingerprint density at radius 3 is 2.57 bits per heavy atom. The highest BCUT2D eigenvalue weighted by atomic mass is 35.5. The minimum atomic E-state index is 0.452. The quantitative estimate of drug-likeness (QED) is 0.857. The highest BCUT2D eigenvalue weighted by molar-refractivity contribution is 6.35. The molecule has 0 N–H and O–H groups in total. The van der Waals surface area contributed by atoms with Gasteiger partial charge in [0.25, 0.3) is 0 Å². The summed E-state index contributed by atoms with van der Waals surface area (Å²) in [5.41, 5.74) is 0.869. The average Bonchev–Trinajstić information content (AvgIpc) is 3.04. The number of likely N-dealkylation sites (tertiary alicyclic amines) is 1. The van der Waals surface area contributed by atoms with E-state index in [-0.39, 0.29) is 0 Å². The van der Waals surface area contributed by atoms with Crippen molar-refractivity contribution in [3.8, 4) is 22.9 Å². The molecule has 0 atom stereocenters. The topological polar surface area (TPSA) is 39.5 Å². The van der Waals surface area contributed by atoms with Gasteiger partial charge in [0.15, 0.2) is 11.5 Å². The molecule has 0 bridgehead atoms. The molecule has 0 amide bonds. The number of rotatable bonds is 4. The lowest BCUT2D eigenvalue weighted by Gasteiger charge is -2.30. The monoisotopic (exact) mass is 335 g/mol. The molecule has 0 spiro atoms. The zero-order chi connectivity index (χ0) is 16.4. The predicted molar refractivity (Wildman–Crippen MR) is 91.5 cm³/mol. The molecule has 2 aromatic rings. The minimum Gasteiger partial charge on any atom is -0.493 e. The number of halogens is 1. The molecule has 2 heterocycles. The summed E-state index contributed by atoms with van der Waals surface area (Å²) in [5.74, 6) is 2.05. The van der Waals surface area contributed by atoms with Crippen molar-refractivity contribution in [2.45, 2.75) is 18.9 Å². The van der Waals surface area contributed by atoms with Crippen molar-refractivity contribution >= 4 is 11.6 Å². The molecular weight excluding hydrogens is 314 g/mol. The van der Waals surface area contributed by atoms with Gasteiger partial charge < -0.3 is 18.9 Å². The first kappa shape index (κ1) is 16.1. The van der Waals surface area contributed by atoms with Crippen molar-refractivity contribution in [1.82, 2.24) is 14.5 Å². The van der Waals surface area contributed by atoms with Gasteiger partial charge in [-0.05, 0) is 45.1 Å². The van der Waals surface area contributed by atoms with Gasteiger partial charge >= 0.3 is 0 Å². The number of benzene rings is 1. The Kier molecular flexibility index (Phi) is 4.78. The first-order chi connectivity index (χ1) is 11.2. The number of nitrogens with zero attached hydrogens (tertiary/aromatic N) is 3. The second-order valence-electron chi connectivity index (χ2n) is 5.86. The van der Waals surface area contributed by atoms with E-state index < -0.39 is 0 Å². The number of imidazole rings is 1. The number of methoxy groups -OCH3 is 2. The lowest BCUT2D eigenvalue weighted by atomic mass is 10.0. The summed E-state index contributed by atoms with van der Waals surface area (Å²) in [5, 5.41) is 0.534. The van der Waals surface area contributed by atoms with Gasteiger partial charge in [-0.2, -0.15) is 0 Å². The van der Waals surface area contributed by atoms with E-state index in [2.05, 4.69) is 21.5 Å². The van der Waals surface area contributed by atoms with Crippen LogP contribution in [0.15, 0.2) is 24.5 Å². The molecule has 23 heavy (non-hydrogen) atoms. The van der Waals surface area contributed by atoms with E-state index in [9.17, 15) is 0 Å². The summed E-state index contributed by atoms with van der Waals surface area (Å²) >= 11 is 6.55. The van der Waals surface area contributed by atoms with Crippen molar-refractivity contribution in [2.75, 3.05) is 34.4 Å². The van der Waals surface area contributed by atoms with Crippen molar-refractivity contribution in [3.63, 3.8) is 0 Å². The summed E-state index contributed by atoms with van der Waals surface area (Å²) in [7, 11) is 5.36. The molecule has 1 aliphatic heterocycles. The van der Waals surface area contributed by atoms with Crippen LogP contribution in [0.3, 0.4) is 0 Å². The maximum absolute atomic E-state index is 6.55. The molecule has 1 aliphatic rings. The second-order valence-corrected chi connectivity index (χ2v) is 6.23. The summed E-state index contributed by atoms with van der Waals surface area (Å²) in [6.45, 7) is 2.20. The highest BCUT2D eigenvalue weighted by Crippen LogP contribution is 2.42. The van der Waals surface area contributed by atoms with E-state index in [0.29, 0.717) is 22.6 Å². The Balaban J connectivity index is 1.99. The average molecular weight is 336 g/mol. The zero-order valence-corrected chi connectivity index (χ0v) is 14.5. The molecule has 1 aromatic carbocycles. The first-order valence-corrected chi connectivity index (χ1v) is 8.15. The molecule has 0 radical (unpaired) electrons. The van der Waals surface area contributed by atoms with Crippen LogP contribution in [0.2, 0.25) is 5.02 Å². The Morgan fingerprint density at radius 2 is 1.91 bits per heavy atom. The summed E-state index contributed by atoms with van der Waals surface area (Å²) < 4.78 is 12.9. The molecule has 124 valence electrons. The second kappa shape index (κ2) is 6.81. The van der Waals surface area contributed by atoms with Crippen LogP contribution in [0.5, 0.6) is 11.5 Å². The number of ether oxygens (including phenoxy) is 2. The molecule has 1 aromatic heterocycles. The molecular formula is C17H22ClN3O2. The summed E-state index contributed by atoms with van der Waals surface area (Å²) in [4.78, 5) is 6.90. The Hall–Kier alpha value is -1.72.